The van der Waals surface area contributed by atoms with Gasteiger partial charge >= 0.3 is 12.0 Å². The summed E-state index contributed by atoms with van der Waals surface area (Å²) in [5, 5.41) is 0. The number of carbonyl (C=O) groups excluding carboxylic acids is 1. The van der Waals surface area contributed by atoms with Gasteiger partial charge in [-0.05, 0) is 37.5 Å². The molecule has 1 nitrogen and oxygen atoms in total. The molecular weight excluding hydrogens is 148 g/mol. The first-order valence-corrected chi connectivity index (χ1v) is 4.83. The van der Waals surface area contributed by atoms with Crippen molar-refractivity contribution in [2.24, 2.45) is 11.8 Å². The summed E-state index contributed by atoms with van der Waals surface area (Å²) >= 11 is 0. The maximum atomic E-state index is 5.43. The lowest BCUT2D eigenvalue weighted by atomic mass is 9.94. The van der Waals surface area contributed by atoms with E-state index in [0.717, 1.165) is 17.6 Å². The molecule has 0 aromatic carbocycles. The molecule has 2 aliphatic carbocycles. The second kappa shape index (κ2) is 2.32. The summed E-state index contributed by atoms with van der Waals surface area (Å²) in [5.41, 5.74) is 1.59. The summed E-state index contributed by atoms with van der Waals surface area (Å²) in [7, 11) is 0. The summed E-state index contributed by atoms with van der Waals surface area (Å²) in [4.78, 5) is 0. The fourth-order valence-corrected chi connectivity index (χ4v) is 2.82. The first-order valence-electron chi connectivity index (χ1n) is 4.83. The largest absolute Gasteiger partial charge is 0.352 e. The van der Waals surface area contributed by atoms with Gasteiger partial charge in [0.2, 0.25) is 0 Å². The van der Waals surface area contributed by atoms with Gasteiger partial charge in [-0.15, -0.1) is 0 Å². The fraction of sp³-hybridized carbons (Fsp3) is 0.545. The van der Waals surface area contributed by atoms with Gasteiger partial charge in [-0.25, -0.2) is 4.42 Å². The van der Waals surface area contributed by atoms with Crippen molar-refractivity contribution in [2.45, 2.75) is 25.7 Å². The summed E-state index contributed by atoms with van der Waals surface area (Å²) in [6.45, 7) is 0. The monoisotopic (exact) mass is 161 g/mol. The molecule has 12 heavy (non-hydrogen) atoms. The third-order valence-corrected chi connectivity index (χ3v) is 3.38. The number of aldehydes is 1. The van der Waals surface area contributed by atoms with Crippen LogP contribution in [-0.2, 0) is 4.42 Å². The molecule has 3 rings (SSSR count). The molecule has 2 bridgehead atoms. The summed E-state index contributed by atoms with van der Waals surface area (Å²) in [5.74, 6) is 3.00. The molecule has 62 valence electrons. The highest BCUT2D eigenvalue weighted by Crippen LogP contribution is 2.49. The van der Waals surface area contributed by atoms with Crippen molar-refractivity contribution < 1.29 is 4.42 Å². The second-order valence-corrected chi connectivity index (χ2v) is 4.08. The molecule has 2 saturated carbocycles. The zero-order chi connectivity index (χ0) is 7.97. The predicted octanol–water partition coefficient (Wildman–Crippen LogP) is 2.36. The Morgan fingerprint density at radius 2 is 2.33 bits per heavy atom. The van der Waals surface area contributed by atoms with Crippen molar-refractivity contribution >= 4 is 6.29 Å². The van der Waals surface area contributed by atoms with Crippen LogP contribution in [0.4, 0.5) is 0 Å². The van der Waals surface area contributed by atoms with E-state index in [2.05, 4.69) is 6.08 Å². The first-order chi connectivity index (χ1) is 5.93. The molecule has 0 spiro atoms. The van der Waals surface area contributed by atoms with Crippen molar-refractivity contribution in [3.05, 3.63) is 23.5 Å². The van der Waals surface area contributed by atoms with E-state index in [1.54, 1.807) is 11.9 Å². The second-order valence-electron chi connectivity index (χ2n) is 4.08. The normalized spacial score (nSPS) is 43.3. The highest BCUT2D eigenvalue weighted by atomic mass is 16.4. The summed E-state index contributed by atoms with van der Waals surface area (Å²) in [6, 6.07) is 0. The zero-order valence-electron chi connectivity index (χ0n) is 7.12. The zero-order valence-corrected chi connectivity index (χ0v) is 7.12. The van der Waals surface area contributed by atoms with E-state index in [1.165, 1.54) is 25.7 Å². The van der Waals surface area contributed by atoms with Gasteiger partial charge in [0.25, 0.3) is 0 Å². The molecule has 0 saturated heterocycles. The van der Waals surface area contributed by atoms with Crippen LogP contribution >= 0.6 is 0 Å². The van der Waals surface area contributed by atoms with Crippen molar-refractivity contribution in [1.29, 1.82) is 0 Å². The Balaban J connectivity index is 1.99. The smallest absolute Gasteiger partial charge is 0.216 e. The van der Waals surface area contributed by atoms with Crippen molar-refractivity contribution in [3.8, 4) is 0 Å². The Morgan fingerprint density at radius 3 is 2.92 bits per heavy atom. The number of hydrogen-bond donors (Lipinski definition) is 0. The van der Waals surface area contributed by atoms with Crippen molar-refractivity contribution in [2.75, 3.05) is 0 Å². The standard InChI is InChI=1S/C11H13O/c1-2-11(12-5-1)10-7-8-3-4-9(10)6-8/h1-2,5,8-9H,3-4,6-7H2/q+1/b11-10+. The SMILES string of the molecule is C1=C/C(=C2/CC3CCC2C3)[O+]=C1. The fourth-order valence-electron chi connectivity index (χ4n) is 2.82. The van der Waals surface area contributed by atoms with Crippen molar-refractivity contribution in [3.63, 3.8) is 0 Å². The van der Waals surface area contributed by atoms with Crippen LogP contribution in [0, 0.1) is 11.8 Å². The van der Waals surface area contributed by atoms with Crippen LogP contribution in [0.5, 0.6) is 0 Å². The van der Waals surface area contributed by atoms with E-state index in [1.807, 2.05) is 6.08 Å². The van der Waals surface area contributed by atoms with Crippen LogP contribution in [0.15, 0.2) is 23.5 Å². The van der Waals surface area contributed by atoms with Crippen LogP contribution in [0.1, 0.15) is 25.7 Å². The van der Waals surface area contributed by atoms with Gasteiger partial charge in [-0.2, -0.15) is 0 Å². The minimum atomic E-state index is 0.862. The molecule has 3 aliphatic rings. The van der Waals surface area contributed by atoms with Gasteiger partial charge in [-0.3, -0.25) is 0 Å². The molecule has 0 N–H and O–H groups in total. The van der Waals surface area contributed by atoms with E-state index >= 15 is 0 Å². The van der Waals surface area contributed by atoms with E-state index in [-0.39, 0.29) is 0 Å². The summed E-state index contributed by atoms with van der Waals surface area (Å²) in [6.07, 6.45) is 11.5. The Hall–Kier alpha value is -0.850. The lowest BCUT2D eigenvalue weighted by Gasteiger charge is -2.09. The Morgan fingerprint density at radius 1 is 1.33 bits per heavy atom. The lowest BCUT2D eigenvalue weighted by Crippen LogP contribution is -2.00. The highest BCUT2D eigenvalue weighted by molar-refractivity contribution is 5.69. The molecule has 0 aromatic rings. The first kappa shape index (κ1) is 6.64. The lowest BCUT2D eigenvalue weighted by molar-refractivity contribution is -0.382. The molecule has 0 radical (unpaired) electrons. The van der Waals surface area contributed by atoms with Gasteiger partial charge < -0.3 is 0 Å². The minimum Gasteiger partial charge on any atom is -0.216 e. The number of fused-ring (bicyclic) bond motifs is 2. The topological polar surface area (TPSA) is 11.3 Å². The average Bonchev–Trinajstić information content (AvgIpc) is 2.81. The molecule has 0 aromatic heterocycles. The van der Waals surface area contributed by atoms with Gasteiger partial charge in [-0.1, -0.05) is 0 Å². The molecule has 2 unspecified atom stereocenters. The molecule has 2 atom stereocenters. The van der Waals surface area contributed by atoms with Gasteiger partial charge in [0.1, 0.15) is 0 Å². The van der Waals surface area contributed by atoms with Gasteiger partial charge in [0.05, 0.1) is 6.08 Å². The molecular formula is C11H13O+. The van der Waals surface area contributed by atoms with Crippen molar-refractivity contribution in [1.82, 2.24) is 0 Å². The molecule has 2 fully saturated rings. The third kappa shape index (κ3) is 0.825. The Labute approximate surface area is 72.5 Å². The van der Waals surface area contributed by atoms with Crippen LogP contribution < -0.4 is 0 Å². The van der Waals surface area contributed by atoms with Crippen LogP contribution in [0.2, 0.25) is 0 Å². The molecule has 1 heterocycles. The van der Waals surface area contributed by atoms with Gasteiger partial charge in [0, 0.05) is 11.6 Å². The number of rotatable bonds is 0. The van der Waals surface area contributed by atoms with E-state index < -0.39 is 0 Å². The Kier molecular flexibility index (Phi) is 1.28. The predicted molar refractivity (Wildman–Crippen MR) is 47.7 cm³/mol. The number of hydrogen-bond acceptors (Lipinski definition) is 0. The van der Waals surface area contributed by atoms with E-state index in [0.29, 0.717) is 0 Å². The van der Waals surface area contributed by atoms with Crippen LogP contribution in [0.3, 0.4) is 0 Å². The minimum absolute atomic E-state index is 0.862. The van der Waals surface area contributed by atoms with Crippen LogP contribution in [0.25, 0.3) is 0 Å². The Bertz CT molecular complexity index is 282. The highest BCUT2D eigenvalue weighted by Gasteiger charge is 2.40. The third-order valence-electron chi connectivity index (χ3n) is 3.38. The maximum Gasteiger partial charge on any atom is 0.352 e. The molecule has 1 aliphatic heterocycles. The quantitative estimate of drug-likeness (QED) is 0.382. The number of allylic oxidation sites excluding steroid dienone is 3. The average molecular weight is 161 g/mol. The summed E-state index contributed by atoms with van der Waals surface area (Å²) < 4.78 is 5.43. The van der Waals surface area contributed by atoms with Crippen LogP contribution in [-0.4, -0.2) is 6.29 Å². The van der Waals surface area contributed by atoms with Gasteiger partial charge in [0.15, 0.2) is 0 Å². The van der Waals surface area contributed by atoms with E-state index in [9.17, 15) is 0 Å². The maximum absolute atomic E-state index is 5.43. The van der Waals surface area contributed by atoms with E-state index in [4.69, 9.17) is 4.42 Å². The molecule has 1 heteroatoms. The molecule has 0 amide bonds.